The van der Waals surface area contributed by atoms with E-state index in [-0.39, 0.29) is 11.9 Å². The van der Waals surface area contributed by atoms with Gasteiger partial charge < -0.3 is 15.4 Å². The first-order valence-electron chi connectivity index (χ1n) is 4.38. The average Bonchev–Trinajstić information content (AvgIpc) is 2.72. The zero-order chi connectivity index (χ0) is 9.80. The minimum absolute atomic E-state index is 0.0837. The Morgan fingerprint density at radius 1 is 1.79 bits per heavy atom. The molecular formula is C8H11N3O2S. The molecule has 1 atom stereocenters. The summed E-state index contributed by atoms with van der Waals surface area (Å²) in [6.07, 6.45) is 1.66. The van der Waals surface area contributed by atoms with E-state index in [9.17, 15) is 4.79 Å². The molecule has 0 bridgehead atoms. The highest BCUT2D eigenvalue weighted by atomic mass is 32.1. The van der Waals surface area contributed by atoms with E-state index < -0.39 is 0 Å². The number of carbonyl (C=O) groups excluding carboxylic acids is 1. The van der Waals surface area contributed by atoms with Crippen molar-refractivity contribution in [1.29, 1.82) is 0 Å². The first-order chi connectivity index (χ1) is 6.86. The smallest absolute Gasteiger partial charge is 0.245 e. The van der Waals surface area contributed by atoms with Gasteiger partial charge in [-0.15, -0.1) is 11.3 Å². The molecular weight excluding hydrogens is 202 g/mol. The topological polar surface area (TPSA) is 63.2 Å². The van der Waals surface area contributed by atoms with Crippen molar-refractivity contribution in [2.24, 2.45) is 0 Å². The summed E-state index contributed by atoms with van der Waals surface area (Å²) in [7, 11) is 0. The predicted octanol–water partition coefficient (Wildman–Crippen LogP) is 0.0700. The lowest BCUT2D eigenvalue weighted by Gasteiger charge is -2.22. The van der Waals surface area contributed by atoms with E-state index in [4.69, 9.17) is 4.74 Å². The summed E-state index contributed by atoms with van der Waals surface area (Å²) < 4.78 is 5.18. The van der Waals surface area contributed by atoms with Gasteiger partial charge in [0.15, 0.2) is 5.13 Å². The summed E-state index contributed by atoms with van der Waals surface area (Å²) in [5.41, 5.74) is 0. The predicted molar refractivity (Wildman–Crippen MR) is 53.4 cm³/mol. The number of nitrogens with zero attached hydrogens (tertiary/aromatic N) is 1. The van der Waals surface area contributed by atoms with Crippen LogP contribution in [-0.4, -0.2) is 36.7 Å². The van der Waals surface area contributed by atoms with Crippen LogP contribution in [0.5, 0.6) is 0 Å². The Bertz CT molecular complexity index is 296. The van der Waals surface area contributed by atoms with Crippen molar-refractivity contribution in [1.82, 2.24) is 10.3 Å². The van der Waals surface area contributed by atoms with Crippen LogP contribution in [0, 0.1) is 0 Å². The number of rotatable bonds is 2. The Balaban J connectivity index is 1.88. The van der Waals surface area contributed by atoms with Crippen molar-refractivity contribution in [3.63, 3.8) is 0 Å². The first kappa shape index (κ1) is 9.57. The van der Waals surface area contributed by atoms with Crippen molar-refractivity contribution < 1.29 is 9.53 Å². The molecule has 1 aromatic heterocycles. The number of anilines is 1. The number of ether oxygens (including phenoxy) is 1. The third-order valence-corrected chi connectivity index (χ3v) is 2.59. The molecule has 1 saturated heterocycles. The first-order valence-corrected chi connectivity index (χ1v) is 5.26. The normalized spacial score (nSPS) is 21.9. The minimum Gasteiger partial charge on any atom is -0.378 e. The zero-order valence-corrected chi connectivity index (χ0v) is 8.34. The highest BCUT2D eigenvalue weighted by Crippen LogP contribution is 2.10. The maximum Gasteiger partial charge on any atom is 0.245 e. The molecule has 6 heteroatoms. The van der Waals surface area contributed by atoms with Gasteiger partial charge >= 0.3 is 0 Å². The molecule has 2 N–H and O–H groups in total. The Kier molecular flexibility index (Phi) is 3.07. The van der Waals surface area contributed by atoms with Gasteiger partial charge in [0.05, 0.1) is 13.2 Å². The Morgan fingerprint density at radius 2 is 2.71 bits per heavy atom. The molecule has 2 rings (SSSR count). The lowest BCUT2D eigenvalue weighted by molar-refractivity contribution is -0.120. The highest BCUT2D eigenvalue weighted by Gasteiger charge is 2.21. The van der Waals surface area contributed by atoms with Crippen molar-refractivity contribution in [3.8, 4) is 0 Å². The van der Waals surface area contributed by atoms with Gasteiger partial charge in [0.1, 0.15) is 6.04 Å². The summed E-state index contributed by atoms with van der Waals surface area (Å²) >= 11 is 1.40. The molecule has 0 saturated carbocycles. The molecule has 0 spiro atoms. The van der Waals surface area contributed by atoms with Crippen molar-refractivity contribution in [3.05, 3.63) is 11.6 Å². The third kappa shape index (κ3) is 2.28. The zero-order valence-electron chi connectivity index (χ0n) is 7.53. The SMILES string of the molecule is O=C(Nc1nccs1)C1COCCN1. The van der Waals surface area contributed by atoms with Crippen molar-refractivity contribution in [2.45, 2.75) is 6.04 Å². The van der Waals surface area contributed by atoms with Gasteiger partial charge in [-0.25, -0.2) is 4.98 Å². The lowest BCUT2D eigenvalue weighted by Crippen LogP contribution is -2.48. The Hall–Kier alpha value is -0.980. The summed E-state index contributed by atoms with van der Waals surface area (Å²) in [4.78, 5) is 15.5. The monoisotopic (exact) mass is 213 g/mol. The summed E-state index contributed by atoms with van der Waals surface area (Å²) in [6, 6.07) is -0.257. The summed E-state index contributed by atoms with van der Waals surface area (Å²) in [5.74, 6) is -0.0837. The van der Waals surface area contributed by atoms with E-state index in [0.29, 0.717) is 18.3 Å². The van der Waals surface area contributed by atoms with Gasteiger partial charge in [-0.05, 0) is 0 Å². The molecule has 1 aliphatic rings. The number of hydrogen-bond acceptors (Lipinski definition) is 5. The van der Waals surface area contributed by atoms with Crippen LogP contribution in [-0.2, 0) is 9.53 Å². The molecule has 1 unspecified atom stereocenters. The van der Waals surface area contributed by atoms with Crippen LogP contribution in [0.1, 0.15) is 0 Å². The number of hydrogen-bond donors (Lipinski definition) is 2. The van der Waals surface area contributed by atoms with E-state index in [1.165, 1.54) is 11.3 Å². The molecule has 2 heterocycles. The summed E-state index contributed by atoms with van der Waals surface area (Å²) in [5, 5.41) is 8.24. The fraction of sp³-hybridized carbons (Fsp3) is 0.500. The molecule has 0 radical (unpaired) electrons. The maximum atomic E-state index is 11.6. The van der Waals surface area contributed by atoms with E-state index >= 15 is 0 Å². The van der Waals surface area contributed by atoms with Gasteiger partial charge in [-0.3, -0.25) is 4.79 Å². The molecule has 76 valence electrons. The largest absolute Gasteiger partial charge is 0.378 e. The number of morpholine rings is 1. The van der Waals surface area contributed by atoms with Crippen LogP contribution in [0.4, 0.5) is 5.13 Å². The van der Waals surface area contributed by atoms with Gasteiger partial charge in [0, 0.05) is 18.1 Å². The summed E-state index contributed by atoms with van der Waals surface area (Å²) in [6.45, 7) is 1.81. The van der Waals surface area contributed by atoms with Gasteiger partial charge in [0.25, 0.3) is 0 Å². The molecule has 0 aromatic carbocycles. The molecule has 5 nitrogen and oxygen atoms in total. The second-order valence-electron chi connectivity index (χ2n) is 2.91. The second kappa shape index (κ2) is 4.50. The Morgan fingerprint density at radius 3 is 3.36 bits per heavy atom. The lowest BCUT2D eigenvalue weighted by atomic mass is 10.2. The molecule has 14 heavy (non-hydrogen) atoms. The minimum atomic E-state index is -0.257. The number of amides is 1. The maximum absolute atomic E-state index is 11.6. The van der Waals surface area contributed by atoms with Crippen LogP contribution in [0.3, 0.4) is 0 Å². The number of nitrogens with one attached hydrogen (secondary N) is 2. The van der Waals surface area contributed by atoms with Crippen LogP contribution in [0.2, 0.25) is 0 Å². The van der Waals surface area contributed by atoms with Crippen LogP contribution in [0.25, 0.3) is 0 Å². The highest BCUT2D eigenvalue weighted by molar-refractivity contribution is 7.13. The van der Waals surface area contributed by atoms with Crippen molar-refractivity contribution in [2.75, 3.05) is 25.1 Å². The van der Waals surface area contributed by atoms with Crippen LogP contribution in [0.15, 0.2) is 11.6 Å². The van der Waals surface area contributed by atoms with Gasteiger partial charge in [-0.1, -0.05) is 0 Å². The molecule has 1 amide bonds. The van der Waals surface area contributed by atoms with Crippen molar-refractivity contribution >= 4 is 22.4 Å². The second-order valence-corrected chi connectivity index (χ2v) is 3.80. The molecule has 1 aliphatic heterocycles. The molecule has 1 fully saturated rings. The average molecular weight is 213 g/mol. The number of carbonyl (C=O) groups is 1. The fourth-order valence-corrected chi connectivity index (χ4v) is 1.74. The Labute approximate surface area is 85.5 Å². The van der Waals surface area contributed by atoms with E-state index in [1.54, 1.807) is 6.20 Å². The van der Waals surface area contributed by atoms with E-state index in [2.05, 4.69) is 15.6 Å². The standard InChI is InChI=1S/C8H11N3O2S/c12-7(6-5-13-3-1-9-6)11-8-10-2-4-14-8/h2,4,6,9H,1,3,5H2,(H,10,11,12). The van der Waals surface area contributed by atoms with Gasteiger partial charge in [-0.2, -0.15) is 0 Å². The molecule has 1 aromatic rings. The number of aromatic nitrogens is 1. The fourth-order valence-electron chi connectivity index (χ4n) is 1.21. The molecule has 0 aliphatic carbocycles. The van der Waals surface area contributed by atoms with E-state index in [0.717, 1.165) is 6.54 Å². The van der Waals surface area contributed by atoms with E-state index in [1.807, 2.05) is 5.38 Å². The van der Waals surface area contributed by atoms with Crippen LogP contribution >= 0.6 is 11.3 Å². The van der Waals surface area contributed by atoms with Crippen LogP contribution < -0.4 is 10.6 Å². The van der Waals surface area contributed by atoms with Gasteiger partial charge in [0.2, 0.25) is 5.91 Å². The third-order valence-electron chi connectivity index (χ3n) is 1.90. The quantitative estimate of drug-likeness (QED) is 0.729. The number of thiazole rings is 1.